The standard InChI is InChI=1S/C13H17NO3/c1-10(2)17-13(15)12(14-16)9-8-11-6-4-3-5-7-11/h3-7,10,16H,8-9H2,1-2H3. The first-order valence-corrected chi connectivity index (χ1v) is 5.59. The van der Waals surface area contributed by atoms with Crippen LogP contribution in [0.2, 0.25) is 0 Å². The highest BCUT2D eigenvalue weighted by Gasteiger charge is 2.15. The van der Waals surface area contributed by atoms with Crippen LogP contribution in [0.25, 0.3) is 0 Å². The van der Waals surface area contributed by atoms with Crippen LogP contribution in [0.4, 0.5) is 0 Å². The molecule has 1 aromatic carbocycles. The number of esters is 1. The summed E-state index contributed by atoms with van der Waals surface area (Å²) in [5.74, 6) is -0.557. The Morgan fingerprint density at radius 3 is 2.53 bits per heavy atom. The smallest absolute Gasteiger partial charge is 0.356 e. The highest BCUT2D eigenvalue weighted by Crippen LogP contribution is 2.05. The number of carbonyl (C=O) groups is 1. The zero-order valence-electron chi connectivity index (χ0n) is 10.1. The van der Waals surface area contributed by atoms with Crippen LogP contribution in [0.1, 0.15) is 25.8 Å². The third-order valence-corrected chi connectivity index (χ3v) is 2.19. The summed E-state index contributed by atoms with van der Waals surface area (Å²) in [6.45, 7) is 3.51. The monoisotopic (exact) mass is 235 g/mol. The van der Waals surface area contributed by atoms with Gasteiger partial charge in [0, 0.05) is 6.42 Å². The summed E-state index contributed by atoms with van der Waals surface area (Å²) in [6.07, 6.45) is 0.801. The summed E-state index contributed by atoms with van der Waals surface area (Å²) in [7, 11) is 0. The van der Waals surface area contributed by atoms with Crippen molar-refractivity contribution in [2.24, 2.45) is 5.16 Å². The van der Waals surface area contributed by atoms with Crippen molar-refractivity contribution in [1.82, 2.24) is 0 Å². The van der Waals surface area contributed by atoms with Gasteiger partial charge in [0.15, 0.2) is 5.71 Å². The van der Waals surface area contributed by atoms with Crippen molar-refractivity contribution in [3.63, 3.8) is 0 Å². The van der Waals surface area contributed by atoms with Gasteiger partial charge in [0.2, 0.25) is 0 Å². The fraction of sp³-hybridized carbons (Fsp3) is 0.385. The van der Waals surface area contributed by atoms with Gasteiger partial charge in [0.25, 0.3) is 0 Å². The lowest BCUT2D eigenvalue weighted by Gasteiger charge is -2.08. The van der Waals surface area contributed by atoms with E-state index in [2.05, 4.69) is 5.16 Å². The van der Waals surface area contributed by atoms with Crippen LogP contribution in [0.15, 0.2) is 35.5 Å². The zero-order chi connectivity index (χ0) is 12.7. The Balaban J connectivity index is 2.51. The lowest BCUT2D eigenvalue weighted by Crippen LogP contribution is -2.21. The van der Waals surface area contributed by atoms with Gasteiger partial charge in [-0.2, -0.15) is 0 Å². The van der Waals surface area contributed by atoms with Gasteiger partial charge in [0.05, 0.1) is 6.10 Å². The molecular formula is C13H17NO3. The maximum atomic E-state index is 11.5. The molecule has 0 heterocycles. The molecule has 17 heavy (non-hydrogen) atoms. The molecule has 0 aliphatic heterocycles. The van der Waals surface area contributed by atoms with E-state index in [1.165, 1.54) is 0 Å². The molecule has 4 nitrogen and oxygen atoms in total. The summed E-state index contributed by atoms with van der Waals surface area (Å²) < 4.78 is 4.96. The van der Waals surface area contributed by atoms with Gasteiger partial charge >= 0.3 is 5.97 Å². The van der Waals surface area contributed by atoms with Crippen molar-refractivity contribution in [2.75, 3.05) is 0 Å². The van der Waals surface area contributed by atoms with Gasteiger partial charge in [-0.05, 0) is 25.8 Å². The normalized spacial score (nSPS) is 11.6. The fourth-order valence-electron chi connectivity index (χ4n) is 1.38. The summed E-state index contributed by atoms with van der Waals surface area (Å²) in [6, 6.07) is 9.71. The van der Waals surface area contributed by atoms with Gasteiger partial charge in [-0.3, -0.25) is 0 Å². The summed E-state index contributed by atoms with van der Waals surface area (Å²) in [4.78, 5) is 11.5. The van der Waals surface area contributed by atoms with E-state index in [0.29, 0.717) is 12.8 Å². The number of hydrogen-bond acceptors (Lipinski definition) is 4. The minimum atomic E-state index is -0.557. The Morgan fingerprint density at radius 2 is 2.00 bits per heavy atom. The topological polar surface area (TPSA) is 58.9 Å². The molecule has 92 valence electrons. The first kappa shape index (κ1) is 13.2. The van der Waals surface area contributed by atoms with E-state index >= 15 is 0 Å². The third-order valence-electron chi connectivity index (χ3n) is 2.19. The highest BCUT2D eigenvalue weighted by atomic mass is 16.5. The van der Waals surface area contributed by atoms with Crippen LogP contribution in [-0.4, -0.2) is 23.0 Å². The summed E-state index contributed by atoms with van der Waals surface area (Å²) in [5.41, 5.74) is 1.15. The summed E-state index contributed by atoms with van der Waals surface area (Å²) >= 11 is 0. The number of nitrogens with zero attached hydrogens (tertiary/aromatic N) is 1. The Hall–Kier alpha value is -1.84. The molecule has 0 spiro atoms. The number of aryl methyl sites for hydroxylation is 1. The molecule has 0 saturated heterocycles. The molecule has 0 aliphatic rings. The predicted molar refractivity (Wildman–Crippen MR) is 65.2 cm³/mol. The second-order valence-corrected chi connectivity index (χ2v) is 3.99. The predicted octanol–water partition coefficient (Wildman–Crippen LogP) is 2.40. The maximum absolute atomic E-state index is 11.5. The second-order valence-electron chi connectivity index (χ2n) is 3.99. The highest BCUT2D eigenvalue weighted by molar-refractivity contribution is 6.36. The molecule has 0 amide bonds. The van der Waals surface area contributed by atoms with E-state index in [1.54, 1.807) is 13.8 Å². The Bertz CT molecular complexity index is 385. The zero-order valence-corrected chi connectivity index (χ0v) is 10.1. The van der Waals surface area contributed by atoms with Crippen molar-refractivity contribution >= 4 is 11.7 Å². The van der Waals surface area contributed by atoms with Gasteiger partial charge in [-0.25, -0.2) is 4.79 Å². The van der Waals surface area contributed by atoms with E-state index < -0.39 is 5.97 Å². The van der Waals surface area contributed by atoms with Gasteiger partial charge in [0.1, 0.15) is 0 Å². The molecular weight excluding hydrogens is 218 g/mol. The number of ether oxygens (including phenoxy) is 1. The lowest BCUT2D eigenvalue weighted by atomic mass is 10.1. The summed E-state index contributed by atoms with van der Waals surface area (Å²) in [5, 5.41) is 11.8. The van der Waals surface area contributed by atoms with Crippen molar-refractivity contribution in [1.29, 1.82) is 0 Å². The second kappa shape index (κ2) is 6.68. The molecule has 1 N–H and O–H groups in total. The van der Waals surface area contributed by atoms with Crippen molar-refractivity contribution < 1.29 is 14.7 Å². The van der Waals surface area contributed by atoms with E-state index in [-0.39, 0.29) is 11.8 Å². The van der Waals surface area contributed by atoms with Crippen LogP contribution in [0.3, 0.4) is 0 Å². The number of carbonyl (C=O) groups excluding carboxylic acids is 1. The lowest BCUT2D eigenvalue weighted by molar-refractivity contribution is -0.139. The first-order chi connectivity index (χ1) is 8.13. The SMILES string of the molecule is CC(C)OC(=O)C(CCc1ccccc1)=NO. The molecule has 1 rings (SSSR count). The molecule has 0 aliphatic carbocycles. The Labute approximate surface area is 101 Å². The number of benzene rings is 1. The van der Waals surface area contributed by atoms with Crippen LogP contribution >= 0.6 is 0 Å². The van der Waals surface area contributed by atoms with Crippen LogP contribution in [-0.2, 0) is 16.0 Å². The Kier molecular flexibility index (Phi) is 5.20. The molecule has 0 fully saturated rings. The van der Waals surface area contributed by atoms with Crippen LogP contribution < -0.4 is 0 Å². The molecule has 0 unspecified atom stereocenters. The molecule has 4 heteroatoms. The van der Waals surface area contributed by atoms with E-state index in [9.17, 15) is 4.79 Å². The van der Waals surface area contributed by atoms with E-state index in [4.69, 9.17) is 9.94 Å². The molecule has 0 aromatic heterocycles. The number of hydrogen-bond donors (Lipinski definition) is 1. The van der Waals surface area contributed by atoms with E-state index in [1.807, 2.05) is 30.3 Å². The van der Waals surface area contributed by atoms with Gasteiger partial charge in [-0.15, -0.1) is 0 Å². The quantitative estimate of drug-likeness (QED) is 0.369. The average molecular weight is 235 g/mol. The minimum absolute atomic E-state index is 0.0579. The van der Waals surface area contributed by atoms with Crippen LogP contribution in [0, 0.1) is 0 Å². The van der Waals surface area contributed by atoms with Gasteiger partial charge in [-0.1, -0.05) is 35.5 Å². The Morgan fingerprint density at radius 1 is 1.35 bits per heavy atom. The largest absolute Gasteiger partial charge is 0.458 e. The van der Waals surface area contributed by atoms with E-state index in [0.717, 1.165) is 5.56 Å². The number of rotatable bonds is 5. The molecule has 1 aromatic rings. The third kappa shape index (κ3) is 4.68. The molecule has 0 bridgehead atoms. The maximum Gasteiger partial charge on any atom is 0.356 e. The van der Waals surface area contributed by atoms with Crippen molar-refractivity contribution in [3.8, 4) is 0 Å². The molecule has 0 radical (unpaired) electrons. The molecule has 0 atom stereocenters. The molecule has 0 saturated carbocycles. The average Bonchev–Trinajstić information content (AvgIpc) is 2.30. The van der Waals surface area contributed by atoms with Gasteiger partial charge < -0.3 is 9.94 Å². The number of oxime groups is 1. The van der Waals surface area contributed by atoms with Crippen LogP contribution in [0.5, 0.6) is 0 Å². The van der Waals surface area contributed by atoms with Crippen molar-refractivity contribution in [3.05, 3.63) is 35.9 Å². The minimum Gasteiger partial charge on any atom is -0.458 e. The first-order valence-electron chi connectivity index (χ1n) is 5.59. The van der Waals surface area contributed by atoms with Crippen molar-refractivity contribution in [2.45, 2.75) is 32.8 Å². The fourth-order valence-corrected chi connectivity index (χ4v) is 1.38.